The van der Waals surface area contributed by atoms with Gasteiger partial charge in [0.05, 0.1) is 19.6 Å². The van der Waals surface area contributed by atoms with Crippen LogP contribution in [0.2, 0.25) is 0 Å². The van der Waals surface area contributed by atoms with Crippen LogP contribution in [0.25, 0.3) is 0 Å². The zero-order valence-electron chi connectivity index (χ0n) is 12.3. The summed E-state index contributed by atoms with van der Waals surface area (Å²) in [7, 11) is 1.56. The third-order valence-corrected chi connectivity index (χ3v) is 3.12. The number of rotatable bonds is 6. The van der Waals surface area contributed by atoms with E-state index in [1.54, 1.807) is 25.7 Å². The monoisotopic (exact) mass is 302 g/mol. The summed E-state index contributed by atoms with van der Waals surface area (Å²) in [5.74, 6) is -0.653. The van der Waals surface area contributed by atoms with Gasteiger partial charge in [-0.3, -0.25) is 9.59 Å². The summed E-state index contributed by atoms with van der Waals surface area (Å²) in [5, 5.41) is 5.13. The van der Waals surface area contributed by atoms with Crippen LogP contribution in [0.1, 0.15) is 11.1 Å². The Morgan fingerprint density at radius 2 is 1.91 bits per heavy atom. The van der Waals surface area contributed by atoms with Crippen LogP contribution in [0, 0.1) is 0 Å². The standard InChI is InChI=1S/C16H18N2O4/c1-21-14-5-3-2-4-13(14)10-18-16(20)15(19)17-8-6-12-7-9-22-11-12/h2-5,7,9,11H,6,8,10H2,1H3,(H,17,19)(H,18,20). The van der Waals surface area contributed by atoms with Gasteiger partial charge in [0.25, 0.3) is 0 Å². The van der Waals surface area contributed by atoms with Gasteiger partial charge in [0.2, 0.25) is 0 Å². The molecule has 0 spiro atoms. The van der Waals surface area contributed by atoms with Gasteiger partial charge in [-0.2, -0.15) is 0 Å². The highest BCUT2D eigenvalue weighted by molar-refractivity contribution is 6.35. The molecule has 0 saturated heterocycles. The molecule has 6 heteroatoms. The molecule has 0 atom stereocenters. The average molecular weight is 302 g/mol. The van der Waals surface area contributed by atoms with E-state index in [9.17, 15) is 9.59 Å². The number of ether oxygens (including phenoxy) is 1. The van der Waals surface area contributed by atoms with E-state index in [4.69, 9.17) is 9.15 Å². The van der Waals surface area contributed by atoms with Crippen molar-refractivity contribution in [2.75, 3.05) is 13.7 Å². The summed E-state index contributed by atoms with van der Waals surface area (Å²) in [4.78, 5) is 23.4. The van der Waals surface area contributed by atoms with E-state index >= 15 is 0 Å². The number of benzene rings is 1. The maximum Gasteiger partial charge on any atom is 0.309 e. The first-order valence-electron chi connectivity index (χ1n) is 6.89. The highest BCUT2D eigenvalue weighted by Gasteiger charge is 2.13. The number of carbonyl (C=O) groups is 2. The molecule has 0 aliphatic carbocycles. The van der Waals surface area contributed by atoms with E-state index in [1.807, 2.05) is 24.3 Å². The lowest BCUT2D eigenvalue weighted by molar-refractivity contribution is -0.139. The maximum absolute atomic E-state index is 11.7. The Labute approximate surface area is 128 Å². The van der Waals surface area contributed by atoms with E-state index in [2.05, 4.69) is 10.6 Å². The molecule has 0 aliphatic rings. The van der Waals surface area contributed by atoms with Gasteiger partial charge in [-0.25, -0.2) is 0 Å². The van der Waals surface area contributed by atoms with E-state index < -0.39 is 11.8 Å². The fraction of sp³-hybridized carbons (Fsp3) is 0.250. The number of para-hydroxylation sites is 1. The first-order valence-corrected chi connectivity index (χ1v) is 6.89. The van der Waals surface area contributed by atoms with Crippen molar-refractivity contribution < 1.29 is 18.7 Å². The Hall–Kier alpha value is -2.76. The average Bonchev–Trinajstić information content (AvgIpc) is 3.06. The van der Waals surface area contributed by atoms with Crippen LogP contribution in [-0.4, -0.2) is 25.5 Å². The molecule has 0 saturated carbocycles. The van der Waals surface area contributed by atoms with Crippen LogP contribution in [0.4, 0.5) is 0 Å². The number of nitrogens with one attached hydrogen (secondary N) is 2. The summed E-state index contributed by atoms with van der Waals surface area (Å²) in [6.45, 7) is 0.610. The van der Waals surface area contributed by atoms with E-state index in [1.165, 1.54) is 0 Å². The summed E-state index contributed by atoms with van der Waals surface area (Å²) in [6, 6.07) is 9.12. The molecule has 2 N–H and O–H groups in total. The van der Waals surface area contributed by atoms with Gasteiger partial charge >= 0.3 is 11.8 Å². The quantitative estimate of drug-likeness (QED) is 0.787. The first kappa shape index (κ1) is 15.6. The minimum absolute atomic E-state index is 0.234. The predicted octanol–water partition coefficient (Wildman–Crippen LogP) is 1.26. The van der Waals surface area contributed by atoms with E-state index in [0.29, 0.717) is 18.7 Å². The number of methoxy groups -OCH3 is 1. The molecule has 22 heavy (non-hydrogen) atoms. The van der Waals surface area contributed by atoms with Crippen molar-refractivity contribution in [1.82, 2.24) is 10.6 Å². The van der Waals surface area contributed by atoms with Gasteiger partial charge in [-0.05, 0) is 24.1 Å². The minimum atomic E-state index is -0.668. The number of furan rings is 1. The SMILES string of the molecule is COc1ccccc1CNC(=O)C(=O)NCCc1ccoc1. The van der Waals surface area contributed by atoms with Gasteiger partial charge in [0, 0.05) is 18.7 Å². The second-order valence-electron chi connectivity index (χ2n) is 4.63. The lowest BCUT2D eigenvalue weighted by Gasteiger charge is -2.09. The van der Waals surface area contributed by atoms with Crippen molar-refractivity contribution >= 4 is 11.8 Å². The number of carbonyl (C=O) groups excluding carboxylic acids is 2. The van der Waals surface area contributed by atoms with Crippen molar-refractivity contribution in [2.24, 2.45) is 0 Å². The molecule has 0 radical (unpaired) electrons. The highest BCUT2D eigenvalue weighted by Crippen LogP contribution is 2.16. The normalized spacial score (nSPS) is 10.0. The fourth-order valence-corrected chi connectivity index (χ4v) is 1.94. The van der Waals surface area contributed by atoms with Crippen molar-refractivity contribution in [3.63, 3.8) is 0 Å². The van der Waals surface area contributed by atoms with Crippen molar-refractivity contribution in [1.29, 1.82) is 0 Å². The Kier molecular flexibility index (Phi) is 5.59. The van der Waals surface area contributed by atoms with Crippen molar-refractivity contribution in [3.8, 4) is 5.75 Å². The molecule has 1 aromatic carbocycles. The number of hydrogen-bond acceptors (Lipinski definition) is 4. The summed E-state index contributed by atoms with van der Waals surface area (Å²) in [5.41, 5.74) is 1.78. The molecule has 0 aliphatic heterocycles. The zero-order valence-corrected chi connectivity index (χ0v) is 12.3. The minimum Gasteiger partial charge on any atom is -0.496 e. The van der Waals surface area contributed by atoms with Crippen LogP contribution in [0.3, 0.4) is 0 Å². The molecule has 0 bridgehead atoms. The fourth-order valence-electron chi connectivity index (χ4n) is 1.94. The smallest absolute Gasteiger partial charge is 0.309 e. The third kappa shape index (κ3) is 4.37. The Morgan fingerprint density at radius 1 is 1.14 bits per heavy atom. The second kappa shape index (κ2) is 7.87. The predicted molar refractivity (Wildman–Crippen MR) is 80.3 cm³/mol. The number of amides is 2. The van der Waals surface area contributed by atoms with Gasteiger partial charge in [-0.15, -0.1) is 0 Å². The van der Waals surface area contributed by atoms with E-state index in [-0.39, 0.29) is 6.54 Å². The molecule has 6 nitrogen and oxygen atoms in total. The Morgan fingerprint density at radius 3 is 2.64 bits per heavy atom. The molecular weight excluding hydrogens is 284 g/mol. The molecule has 1 heterocycles. The molecule has 2 aromatic rings. The van der Waals surface area contributed by atoms with Crippen molar-refractivity contribution in [3.05, 3.63) is 54.0 Å². The zero-order chi connectivity index (χ0) is 15.8. The van der Waals surface area contributed by atoms with Crippen LogP contribution >= 0.6 is 0 Å². The van der Waals surface area contributed by atoms with E-state index in [0.717, 1.165) is 11.1 Å². The molecular formula is C16H18N2O4. The summed E-state index contributed by atoms with van der Waals surface area (Å²) >= 11 is 0. The van der Waals surface area contributed by atoms with Crippen LogP contribution in [-0.2, 0) is 22.6 Å². The van der Waals surface area contributed by atoms with Gasteiger partial charge in [0.1, 0.15) is 5.75 Å². The third-order valence-electron chi connectivity index (χ3n) is 3.12. The lowest BCUT2D eigenvalue weighted by Crippen LogP contribution is -2.40. The molecule has 2 amide bonds. The summed E-state index contributed by atoms with van der Waals surface area (Å²) < 4.78 is 10.1. The summed E-state index contributed by atoms with van der Waals surface area (Å²) in [6.07, 6.45) is 3.78. The lowest BCUT2D eigenvalue weighted by atomic mass is 10.2. The van der Waals surface area contributed by atoms with Crippen molar-refractivity contribution in [2.45, 2.75) is 13.0 Å². The molecule has 0 fully saturated rings. The van der Waals surface area contributed by atoms with Crippen LogP contribution in [0.15, 0.2) is 47.3 Å². The molecule has 2 rings (SSSR count). The Bertz CT molecular complexity index is 623. The first-order chi connectivity index (χ1) is 10.7. The molecule has 1 aromatic heterocycles. The second-order valence-corrected chi connectivity index (χ2v) is 4.63. The van der Waals surface area contributed by atoms with Gasteiger partial charge < -0.3 is 19.8 Å². The van der Waals surface area contributed by atoms with Gasteiger partial charge in [-0.1, -0.05) is 18.2 Å². The number of hydrogen-bond donors (Lipinski definition) is 2. The van der Waals surface area contributed by atoms with Crippen LogP contribution < -0.4 is 15.4 Å². The van der Waals surface area contributed by atoms with Crippen LogP contribution in [0.5, 0.6) is 5.75 Å². The molecule has 116 valence electrons. The Balaban J connectivity index is 1.75. The maximum atomic E-state index is 11.7. The molecule has 0 unspecified atom stereocenters. The van der Waals surface area contributed by atoms with Gasteiger partial charge in [0.15, 0.2) is 0 Å². The topological polar surface area (TPSA) is 80.6 Å². The largest absolute Gasteiger partial charge is 0.496 e. The highest BCUT2D eigenvalue weighted by atomic mass is 16.5.